The van der Waals surface area contributed by atoms with Crippen molar-refractivity contribution in [2.45, 2.75) is 30.7 Å². The van der Waals surface area contributed by atoms with Gasteiger partial charge >= 0.3 is 5.69 Å². The van der Waals surface area contributed by atoms with E-state index in [-0.39, 0.29) is 25.5 Å². The van der Waals surface area contributed by atoms with Gasteiger partial charge < -0.3 is 5.73 Å². The molecule has 1 aliphatic heterocycles. The van der Waals surface area contributed by atoms with E-state index in [2.05, 4.69) is 0 Å². The Labute approximate surface area is 140 Å². The number of rotatable bonds is 4. The molecular formula is C13H19ClFN3O4S. The molecule has 2 rings (SSSR count). The van der Waals surface area contributed by atoms with Gasteiger partial charge in [-0.2, -0.15) is 8.70 Å². The highest BCUT2D eigenvalue weighted by atomic mass is 35.5. The zero-order valence-electron chi connectivity index (χ0n) is 12.5. The average molecular weight is 368 g/mol. The van der Waals surface area contributed by atoms with E-state index in [0.717, 1.165) is 22.5 Å². The van der Waals surface area contributed by atoms with Gasteiger partial charge in [-0.3, -0.25) is 10.1 Å². The van der Waals surface area contributed by atoms with Crippen molar-refractivity contribution in [1.82, 2.24) is 4.31 Å². The topological polar surface area (TPSA) is 107 Å². The summed E-state index contributed by atoms with van der Waals surface area (Å²) in [5.41, 5.74) is 4.63. The van der Waals surface area contributed by atoms with Crippen molar-refractivity contribution in [3.8, 4) is 0 Å². The van der Waals surface area contributed by atoms with Crippen molar-refractivity contribution in [1.29, 1.82) is 0 Å². The fraction of sp³-hybridized carbons (Fsp3) is 0.538. The third-order valence-corrected chi connectivity index (χ3v) is 5.90. The molecule has 1 fully saturated rings. The van der Waals surface area contributed by atoms with Gasteiger partial charge in [0, 0.05) is 19.1 Å². The fourth-order valence-electron chi connectivity index (χ4n) is 2.77. The molecule has 0 bridgehead atoms. The molecule has 2 atom stereocenters. The van der Waals surface area contributed by atoms with Gasteiger partial charge in [0.15, 0.2) is 4.90 Å². The predicted molar refractivity (Wildman–Crippen MR) is 85.4 cm³/mol. The van der Waals surface area contributed by atoms with Crippen molar-refractivity contribution < 1.29 is 17.7 Å². The smallest absolute Gasteiger partial charge is 0.324 e. The third-order valence-electron chi connectivity index (χ3n) is 3.92. The summed E-state index contributed by atoms with van der Waals surface area (Å²) in [5.74, 6) is -0.844. The third kappa shape index (κ3) is 3.79. The molecule has 1 aromatic rings. The Bertz CT molecular complexity index is 686. The number of nitro benzene ring substituents is 1. The SMILES string of the molecule is CC1CCN(S(=O)(=O)c2cccc(F)c2[N+](=O)[O-])C(CN)C1.Cl. The van der Waals surface area contributed by atoms with Crippen LogP contribution in [0.4, 0.5) is 10.1 Å². The Morgan fingerprint density at radius 1 is 1.48 bits per heavy atom. The largest absolute Gasteiger partial charge is 0.329 e. The maximum Gasteiger partial charge on any atom is 0.324 e. The molecule has 7 nitrogen and oxygen atoms in total. The Hall–Kier alpha value is -1.29. The lowest BCUT2D eigenvalue weighted by Crippen LogP contribution is -2.49. The van der Waals surface area contributed by atoms with Crippen LogP contribution < -0.4 is 5.73 Å². The summed E-state index contributed by atoms with van der Waals surface area (Å²) in [4.78, 5) is 9.41. The molecule has 1 heterocycles. The van der Waals surface area contributed by atoms with Crippen molar-refractivity contribution in [3.05, 3.63) is 34.1 Å². The lowest BCUT2D eigenvalue weighted by molar-refractivity contribution is -0.390. The standard InChI is InChI=1S/C13H18FN3O4S.ClH/c1-9-5-6-16(10(7-9)8-15)22(20,21)12-4-2-3-11(14)13(12)17(18)19;/h2-4,9-10H,5-8,15H2,1H3;1H. The first kappa shape index (κ1) is 19.8. The van der Waals surface area contributed by atoms with Gasteiger partial charge in [-0.1, -0.05) is 13.0 Å². The first-order valence-corrected chi connectivity index (χ1v) is 8.37. The molecule has 2 unspecified atom stereocenters. The van der Waals surface area contributed by atoms with Gasteiger partial charge in [0.25, 0.3) is 0 Å². The van der Waals surface area contributed by atoms with E-state index in [0.29, 0.717) is 18.8 Å². The zero-order chi connectivity index (χ0) is 16.5. The van der Waals surface area contributed by atoms with Crippen molar-refractivity contribution in [2.75, 3.05) is 13.1 Å². The summed E-state index contributed by atoms with van der Waals surface area (Å²) in [6, 6.07) is 2.65. The van der Waals surface area contributed by atoms with Crippen LogP contribution in [0.25, 0.3) is 0 Å². The first-order valence-electron chi connectivity index (χ1n) is 6.93. The number of piperidine rings is 1. The lowest BCUT2D eigenvalue weighted by Gasteiger charge is -2.36. The summed E-state index contributed by atoms with van der Waals surface area (Å²) in [6.07, 6.45) is 1.22. The van der Waals surface area contributed by atoms with Crippen LogP contribution in [0.2, 0.25) is 0 Å². The van der Waals surface area contributed by atoms with Crippen LogP contribution in [0.3, 0.4) is 0 Å². The second-order valence-electron chi connectivity index (χ2n) is 5.48. The summed E-state index contributed by atoms with van der Waals surface area (Å²) in [7, 11) is -4.17. The molecule has 1 aliphatic rings. The maximum absolute atomic E-state index is 13.7. The molecule has 0 aliphatic carbocycles. The molecular weight excluding hydrogens is 349 g/mol. The van der Waals surface area contributed by atoms with Crippen LogP contribution in [0.5, 0.6) is 0 Å². The van der Waals surface area contributed by atoms with Crippen LogP contribution >= 0.6 is 12.4 Å². The molecule has 130 valence electrons. The quantitative estimate of drug-likeness (QED) is 0.646. The molecule has 1 saturated heterocycles. The van der Waals surface area contributed by atoms with E-state index < -0.39 is 37.4 Å². The highest BCUT2D eigenvalue weighted by Crippen LogP contribution is 2.33. The summed E-state index contributed by atoms with van der Waals surface area (Å²) >= 11 is 0. The number of halogens is 2. The fourth-order valence-corrected chi connectivity index (χ4v) is 4.60. The predicted octanol–water partition coefficient (Wildman–Crippen LogP) is 1.90. The van der Waals surface area contributed by atoms with Crippen molar-refractivity contribution in [2.24, 2.45) is 11.7 Å². The number of nitrogens with zero attached hydrogens (tertiary/aromatic N) is 2. The van der Waals surface area contributed by atoms with E-state index >= 15 is 0 Å². The van der Waals surface area contributed by atoms with Crippen LogP contribution in [0.1, 0.15) is 19.8 Å². The summed E-state index contributed by atoms with van der Waals surface area (Å²) in [5, 5.41) is 11.0. The highest BCUT2D eigenvalue weighted by molar-refractivity contribution is 7.89. The number of nitrogens with two attached hydrogens (primary N) is 1. The second kappa shape index (κ2) is 7.52. The number of benzene rings is 1. The molecule has 2 N–H and O–H groups in total. The number of hydrogen-bond donors (Lipinski definition) is 1. The lowest BCUT2D eigenvalue weighted by atomic mass is 9.94. The zero-order valence-corrected chi connectivity index (χ0v) is 14.1. The Balaban J connectivity index is 0.00000264. The Morgan fingerprint density at radius 2 is 2.13 bits per heavy atom. The van der Waals surface area contributed by atoms with Crippen molar-refractivity contribution in [3.63, 3.8) is 0 Å². The van der Waals surface area contributed by atoms with Gasteiger partial charge in [-0.15, -0.1) is 12.4 Å². The number of nitro groups is 1. The van der Waals surface area contributed by atoms with E-state index in [1.54, 1.807) is 0 Å². The van der Waals surface area contributed by atoms with Crippen LogP contribution in [0.15, 0.2) is 23.1 Å². The van der Waals surface area contributed by atoms with E-state index in [4.69, 9.17) is 5.73 Å². The van der Waals surface area contributed by atoms with Crippen molar-refractivity contribution >= 4 is 28.1 Å². The average Bonchev–Trinajstić information content (AvgIpc) is 2.46. The second-order valence-corrected chi connectivity index (χ2v) is 7.34. The monoisotopic (exact) mass is 367 g/mol. The van der Waals surface area contributed by atoms with E-state index in [1.807, 2.05) is 6.92 Å². The van der Waals surface area contributed by atoms with E-state index in [9.17, 15) is 22.9 Å². The van der Waals surface area contributed by atoms with Gasteiger partial charge in [0.1, 0.15) is 0 Å². The molecule has 23 heavy (non-hydrogen) atoms. The van der Waals surface area contributed by atoms with Gasteiger partial charge in [0.05, 0.1) is 4.92 Å². The molecule has 0 amide bonds. The Kier molecular flexibility index (Phi) is 6.46. The number of para-hydroxylation sites is 1. The first-order chi connectivity index (χ1) is 10.3. The Morgan fingerprint density at radius 3 is 2.70 bits per heavy atom. The molecule has 0 saturated carbocycles. The minimum absolute atomic E-state index is 0. The molecule has 1 aromatic carbocycles. The molecule has 10 heteroatoms. The minimum atomic E-state index is -4.17. The van der Waals surface area contributed by atoms with Gasteiger partial charge in [-0.05, 0) is 30.9 Å². The summed E-state index contributed by atoms with van der Waals surface area (Å²) in [6.45, 7) is 2.34. The normalized spacial score (nSPS) is 22.4. The minimum Gasteiger partial charge on any atom is -0.329 e. The molecule has 0 aromatic heterocycles. The van der Waals surface area contributed by atoms with Crippen LogP contribution in [-0.2, 0) is 10.0 Å². The number of sulfonamides is 1. The number of hydrogen-bond acceptors (Lipinski definition) is 5. The highest BCUT2D eigenvalue weighted by Gasteiger charge is 2.39. The maximum atomic E-state index is 13.7. The van der Waals surface area contributed by atoms with Crippen LogP contribution in [-0.4, -0.2) is 36.8 Å². The molecule has 0 spiro atoms. The van der Waals surface area contributed by atoms with Crippen LogP contribution in [0, 0.1) is 21.8 Å². The van der Waals surface area contributed by atoms with E-state index in [1.165, 1.54) is 0 Å². The van der Waals surface area contributed by atoms with Gasteiger partial charge in [-0.25, -0.2) is 8.42 Å². The van der Waals surface area contributed by atoms with Gasteiger partial charge in [0.2, 0.25) is 15.8 Å². The summed E-state index contributed by atoms with van der Waals surface area (Å²) < 4.78 is 40.3. The molecule has 0 radical (unpaired) electrons.